The molecule has 1 spiro atoms. The quantitative estimate of drug-likeness (QED) is 0.386. The van der Waals surface area contributed by atoms with Gasteiger partial charge in [0.25, 0.3) is 11.8 Å². The third kappa shape index (κ3) is 4.76. The molecule has 8 heteroatoms. The molecule has 0 aromatic heterocycles. The number of nitrogens with zero attached hydrogens (tertiary/aromatic N) is 1. The highest BCUT2D eigenvalue weighted by atomic mass is 16.5. The highest BCUT2D eigenvalue weighted by molar-refractivity contribution is 6.09. The summed E-state index contributed by atoms with van der Waals surface area (Å²) in [6, 6.07) is 22.0. The Bertz CT molecular complexity index is 1380. The first kappa shape index (κ1) is 27.8. The van der Waals surface area contributed by atoms with Gasteiger partial charge < -0.3 is 29.9 Å². The van der Waals surface area contributed by atoms with Gasteiger partial charge in [-0.3, -0.25) is 9.59 Å². The average Bonchev–Trinajstić information content (AvgIpc) is 3.36. The maximum atomic E-state index is 14.4. The molecule has 3 aromatic rings. The third-order valence-corrected chi connectivity index (χ3v) is 8.19. The molecule has 3 N–H and O–H groups in total. The van der Waals surface area contributed by atoms with Gasteiger partial charge in [0, 0.05) is 35.3 Å². The van der Waals surface area contributed by atoms with Crippen molar-refractivity contribution >= 4 is 23.2 Å². The Balaban J connectivity index is 1.57. The number of amides is 2. The van der Waals surface area contributed by atoms with E-state index < -0.39 is 29.1 Å². The smallest absolute Gasteiger partial charge is 0.264 e. The lowest BCUT2D eigenvalue weighted by molar-refractivity contribution is -0.146. The molecule has 4 atom stereocenters. The van der Waals surface area contributed by atoms with Crippen LogP contribution in [0.4, 0.5) is 11.4 Å². The van der Waals surface area contributed by atoms with Crippen LogP contribution in [0.2, 0.25) is 0 Å². The number of carbonyl (C=O) groups excluding carboxylic acids is 2. The number of hydrogen-bond donors (Lipinski definition) is 3. The van der Waals surface area contributed by atoms with E-state index in [-0.39, 0.29) is 24.8 Å². The molecule has 40 heavy (non-hydrogen) atoms. The molecule has 8 nitrogen and oxygen atoms in total. The van der Waals surface area contributed by atoms with Crippen molar-refractivity contribution in [1.82, 2.24) is 0 Å². The Hall–Kier alpha value is -3.72. The largest absolute Gasteiger partial charge is 0.497 e. The van der Waals surface area contributed by atoms with Crippen LogP contribution >= 0.6 is 0 Å². The summed E-state index contributed by atoms with van der Waals surface area (Å²) in [4.78, 5) is 29.2. The zero-order valence-corrected chi connectivity index (χ0v) is 23.3. The van der Waals surface area contributed by atoms with Crippen molar-refractivity contribution in [3.05, 3.63) is 89.5 Å². The van der Waals surface area contributed by atoms with Gasteiger partial charge in [0.1, 0.15) is 5.75 Å². The van der Waals surface area contributed by atoms with Crippen LogP contribution in [0, 0.1) is 11.8 Å². The van der Waals surface area contributed by atoms with Crippen LogP contribution in [0.1, 0.15) is 48.7 Å². The van der Waals surface area contributed by atoms with Gasteiger partial charge >= 0.3 is 0 Å². The molecule has 0 radical (unpaired) electrons. The lowest BCUT2D eigenvalue weighted by atomic mass is 9.71. The number of benzene rings is 3. The minimum atomic E-state index is -1.38. The number of nitrogens with one attached hydrogen (secondary N) is 1. The molecular formula is C32H36N2O6. The van der Waals surface area contributed by atoms with Crippen LogP contribution < -0.4 is 15.0 Å². The summed E-state index contributed by atoms with van der Waals surface area (Å²) in [6.45, 7) is 5.58. The first-order valence-electron chi connectivity index (χ1n) is 13.6. The van der Waals surface area contributed by atoms with Crippen molar-refractivity contribution in [3.63, 3.8) is 0 Å². The zero-order chi connectivity index (χ0) is 28.7. The summed E-state index contributed by atoms with van der Waals surface area (Å²) in [6.07, 6.45) is -0.248. The van der Waals surface area contributed by atoms with Crippen LogP contribution in [0.15, 0.2) is 72.8 Å². The van der Waals surface area contributed by atoms with Crippen LogP contribution in [0.3, 0.4) is 0 Å². The Morgan fingerprint density at radius 2 is 1.80 bits per heavy atom. The van der Waals surface area contributed by atoms with Crippen molar-refractivity contribution in [2.24, 2.45) is 11.8 Å². The minimum Gasteiger partial charge on any atom is -0.497 e. The topological polar surface area (TPSA) is 108 Å². The predicted molar refractivity (Wildman–Crippen MR) is 152 cm³/mol. The second kappa shape index (κ2) is 10.7. The molecular weight excluding hydrogens is 508 g/mol. The van der Waals surface area contributed by atoms with Crippen LogP contribution in [-0.2, 0) is 21.7 Å². The van der Waals surface area contributed by atoms with Gasteiger partial charge in [0.15, 0.2) is 5.60 Å². The Morgan fingerprint density at radius 3 is 2.42 bits per heavy atom. The maximum absolute atomic E-state index is 14.4. The van der Waals surface area contributed by atoms with E-state index >= 15 is 0 Å². The number of fused-ring (bicyclic) bond motifs is 2. The van der Waals surface area contributed by atoms with Crippen molar-refractivity contribution in [3.8, 4) is 5.75 Å². The summed E-state index contributed by atoms with van der Waals surface area (Å²) in [7, 11) is 1.57. The molecule has 0 aliphatic carbocycles. The molecule has 0 saturated carbocycles. The molecule has 2 amide bonds. The molecule has 1 fully saturated rings. The number of methoxy groups -OCH3 is 1. The van der Waals surface area contributed by atoms with Gasteiger partial charge in [-0.05, 0) is 68.3 Å². The number of hydrogen-bond acceptors (Lipinski definition) is 6. The van der Waals surface area contributed by atoms with Gasteiger partial charge in [-0.1, -0.05) is 37.3 Å². The number of carbonyl (C=O) groups is 2. The van der Waals surface area contributed by atoms with E-state index in [1.165, 1.54) is 0 Å². The monoisotopic (exact) mass is 544 g/mol. The standard InChI is InChI=1S/C32H36N2O6/c1-20-28(31(2,3)38)27(16-17-35)40-32(20)25-18-23(33-29(36)22-10-13-24(39-4)14-11-22)12-15-26(25)34(30(32)37)19-21-8-6-5-7-9-21/h5-15,18,20,27-28,35,38H,16-17,19H2,1-4H3,(H,33,36)/t20-,27+,28-,32+/m1/s1. The number of aliphatic hydroxyl groups is 2. The van der Waals surface area contributed by atoms with Gasteiger partial charge in [-0.25, -0.2) is 0 Å². The minimum absolute atomic E-state index is 0.132. The van der Waals surface area contributed by atoms with Crippen molar-refractivity contribution in [1.29, 1.82) is 0 Å². The van der Waals surface area contributed by atoms with Crippen LogP contribution in [0.5, 0.6) is 5.75 Å². The lowest BCUT2D eigenvalue weighted by Crippen LogP contribution is -2.46. The zero-order valence-electron chi connectivity index (χ0n) is 23.3. The molecule has 210 valence electrons. The third-order valence-electron chi connectivity index (χ3n) is 8.19. The molecule has 2 heterocycles. The van der Waals surface area contributed by atoms with E-state index in [2.05, 4.69) is 5.32 Å². The van der Waals surface area contributed by atoms with Gasteiger partial charge in [-0.15, -0.1) is 0 Å². The summed E-state index contributed by atoms with van der Waals surface area (Å²) < 4.78 is 11.8. The SMILES string of the molecule is COc1ccc(C(=O)Nc2ccc3c(c2)[C@]2(O[C@@H](CCO)[C@H](C(C)(C)O)[C@H]2C)C(=O)N3Cc2ccccc2)cc1. The van der Waals surface area contributed by atoms with Crippen LogP contribution in [0.25, 0.3) is 0 Å². The van der Waals surface area contributed by atoms with E-state index in [0.717, 1.165) is 5.56 Å². The van der Waals surface area contributed by atoms with Crippen molar-refractivity contribution in [2.75, 3.05) is 23.9 Å². The highest BCUT2D eigenvalue weighted by Gasteiger charge is 2.65. The maximum Gasteiger partial charge on any atom is 0.264 e. The predicted octanol–water partition coefficient (Wildman–Crippen LogP) is 4.49. The molecule has 2 aliphatic rings. The molecule has 5 rings (SSSR count). The number of ether oxygens (including phenoxy) is 2. The van der Waals surface area contributed by atoms with E-state index in [1.54, 1.807) is 62.3 Å². The van der Waals surface area contributed by atoms with Crippen molar-refractivity contribution < 1.29 is 29.3 Å². The van der Waals surface area contributed by atoms with Gasteiger partial charge in [-0.2, -0.15) is 0 Å². The number of anilines is 2. The second-order valence-corrected chi connectivity index (χ2v) is 11.2. The summed E-state index contributed by atoms with van der Waals surface area (Å²) in [5.41, 5.74) is 0.756. The van der Waals surface area contributed by atoms with Crippen LogP contribution in [-0.4, -0.2) is 47.4 Å². The molecule has 2 aliphatic heterocycles. The van der Waals surface area contributed by atoms with E-state index in [1.807, 2.05) is 43.3 Å². The Morgan fingerprint density at radius 1 is 1.10 bits per heavy atom. The summed E-state index contributed by atoms with van der Waals surface area (Å²) in [5, 5.41) is 23.9. The molecule has 0 bridgehead atoms. The average molecular weight is 545 g/mol. The summed E-state index contributed by atoms with van der Waals surface area (Å²) >= 11 is 0. The van der Waals surface area contributed by atoms with E-state index in [9.17, 15) is 19.8 Å². The first-order valence-corrected chi connectivity index (χ1v) is 13.6. The second-order valence-electron chi connectivity index (χ2n) is 11.2. The normalized spacial score (nSPS) is 23.9. The van der Waals surface area contributed by atoms with E-state index in [0.29, 0.717) is 34.8 Å². The van der Waals surface area contributed by atoms with Crippen molar-refractivity contribution in [2.45, 2.75) is 51.0 Å². The van der Waals surface area contributed by atoms with Gasteiger partial charge in [0.05, 0.1) is 31.0 Å². The summed E-state index contributed by atoms with van der Waals surface area (Å²) in [5.74, 6) is -0.685. The first-order chi connectivity index (χ1) is 19.1. The molecule has 1 saturated heterocycles. The molecule has 3 aromatic carbocycles. The number of aliphatic hydroxyl groups excluding tert-OH is 1. The van der Waals surface area contributed by atoms with Gasteiger partial charge in [0.2, 0.25) is 0 Å². The fourth-order valence-corrected chi connectivity index (χ4v) is 6.42. The highest BCUT2D eigenvalue weighted by Crippen LogP contribution is 2.58. The fourth-order valence-electron chi connectivity index (χ4n) is 6.42. The van der Waals surface area contributed by atoms with E-state index in [4.69, 9.17) is 9.47 Å². The fraction of sp³-hybridized carbons (Fsp3) is 0.375. The molecule has 0 unspecified atom stereocenters. The number of rotatable bonds is 8. The Kier molecular flexibility index (Phi) is 7.44. The lowest BCUT2D eigenvalue weighted by Gasteiger charge is -2.34. The Labute approximate surface area is 234 Å².